The molecule has 0 bridgehead atoms. The molecule has 0 aromatic heterocycles. The SMILES string of the molecule is Cl.NCC(NC(=O)c1ccc(CS(=O)(=O)C(F)F)cc1)C1CCCCC1. The minimum Gasteiger partial charge on any atom is -0.348 e. The van der Waals surface area contributed by atoms with Gasteiger partial charge in [0, 0.05) is 18.2 Å². The molecular weight excluding hydrogens is 386 g/mol. The molecule has 1 fully saturated rings. The zero-order valence-corrected chi connectivity index (χ0v) is 16.0. The van der Waals surface area contributed by atoms with E-state index in [9.17, 15) is 22.0 Å². The molecule has 1 unspecified atom stereocenters. The molecule has 148 valence electrons. The molecule has 1 aromatic rings. The molecule has 0 radical (unpaired) electrons. The van der Waals surface area contributed by atoms with Crippen molar-refractivity contribution in [1.29, 1.82) is 0 Å². The van der Waals surface area contributed by atoms with E-state index < -0.39 is 21.3 Å². The van der Waals surface area contributed by atoms with Gasteiger partial charge >= 0.3 is 5.76 Å². The third-order valence-corrected chi connectivity index (χ3v) is 5.92. The summed E-state index contributed by atoms with van der Waals surface area (Å²) in [6.45, 7) is 0.362. The van der Waals surface area contributed by atoms with Crippen LogP contribution in [0.15, 0.2) is 24.3 Å². The standard InChI is InChI=1S/C17H24F2N2O3S.ClH/c18-17(19)25(23,24)11-12-6-8-14(9-7-12)16(22)21-15(10-20)13-4-2-1-3-5-13;/h6-9,13,15,17H,1-5,10-11,20H2,(H,21,22);1H. The Morgan fingerprint density at radius 2 is 1.73 bits per heavy atom. The second-order valence-corrected chi connectivity index (χ2v) is 8.45. The second kappa shape index (κ2) is 10.2. The first-order chi connectivity index (χ1) is 11.8. The van der Waals surface area contributed by atoms with Crippen LogP contribution in [0.1, 0.15) is 48.0 Å². The molecule has 26 heavy (non-hydrogen) atoms. The first kappa shape index (κ1) is 22.8. The number of nitrogens with two attached hydrogens (primary N) is 1. The van der Waals surface area contributed by atoms with Crippen LogP contribution < -0.4 is 11.1 Å². The Morgan fingerprint density at radius 3 is 2.23 bits per heavy atom. The normalized spacial score (nSPS) is 16.8. The Kier molecular flexibility index (Phi) is 8.92. The molecule has 1 aliphatic carbocycles. The van der Waals surface area contributed by atoms with Gasteiger partial charge in [-0.25, -0.2) is 8.42 Å². The van der Waals surface area contributed by atoms with Crippen LogP contribution in [0, 0.1) is 5.92 Å². The largest absolute Gasteiger partial charge is 0.348 e. The zero-order valence-electron chi connectivity index (χ0n) is 14.4. The maximum atomic E-state index is 12.4. The maximum Gasteiger partial charge on any atom is 0.337 e. The molecule has 0 saturated heterocycles. The summed E-state index contributed by atoms with van der Waals surface area (Å²) in [4.78, 5) is 12.4. The van der Waals surface area contributed by atoms with Gasteiger partial charge in [0.2, 0.25) is 9.84 Å². The van der Waals surface area contributed by atoms with Crippen molar-refractivity contribution in [2.75, 3.05) is 6.54 Å². The van der Waals surface area contributed by atoms with Crippen molar-refractivity contribution in [2.24, 2.45) is 11.7 Å². The molecule has 0 aliphatic heterocycles. The van der Waals surface area contributed by atoms with Crippen molar-refractivity contribution in [3.8, 4) is 0 Å². The van der Waals surface area contributed by atoms with E-state index in [1.54, 1.807) is 0 Å². The van der Waals surface area contributed by atoms with E-state index in [1.807, 2.05) is 0 Å². The Bertz CT molecular complexity index is 678. The highest BCUT2D eigenvalue weighted by molar-refractivity contribution is 7.90. The number of halogens is 3. The number of hydrogen-bond donors (Lipinski definition) is 2. The number of rotatable bonds is 7. The van der Waals surface area contributed by atoms with Gasteiger partial charge in [0.25, 0.3) is 5.91 Å². The smallest absolute Gasteiger partial charge is 0.337 e. The summed E-state index contributed by atoms with van der Waals surface area (Å²) >= 11 is 0. The lowest BCUT2D eigenvalue weighted by atomic mass is 9.84. The fourth-order valence-electron chi connectivity index (χ4n) is 3.21. The van der Waals surface area contributed by atoms with Crippen LogP contribution in [-0.2, 0) is 15.6 Å². The number of carbonyl (C=O) groups excluding carboxylic acids is 1. The average molecular weight is 411 g/mol. The minimum atomic E-state index is -4.47. The molecule has 5 nitrogen and oxygen atoms in total. The van der Waals surface area contributed by atoms with Gasteiger partial charge in [-0.2, -0.15) is 8.78 Å². The molecule has 0 heterocycles. The van der Waals surface area contributed by atoms with Gasteiger partial charge in [-0.1, -0.05) is 31.4 Å². The zero-order chi connectivity index (χ0) is 18.4. The predicted molar refractivity (Wildman–Crippen MR) is 99.2 cm³/mol. The summed E-state index contributed by atoms with van der Waals surface area (Å²) in [5.41, 5.74) is 6.38. The highest BCUT2D eigenvalue weighted by Crippen LogP contribution is 2.26. The van der Waals surface area contributed by atoms with E-state index >= 15 is 0 Å². The summed E-state index contributed by atoms with van der Waals surface area (Å²) in [6, 6.07) is 5.56. The first-order valence-corrected chi connectivity index (χ1v) is 10.1. The number of benzene rings is 1. The van der Waals surface area contributed by atoms with Crippen LogP contribution in [0.5, 0.6) is 0 Å². The van der Waals surface area contributed by atoms with Crippen LogP contribution in [0.2, 0.25) is 0 Å². The van der Waals surface area contributed by atoms with Crippen molar-refractivity contribution in [1.82, 2.24) is 5.32 Å². The van der Waals surface area contributed by atoms with Crippen LogP contribution in [0.4, 0.5) is 8.78 Å². The molecule has 3 N–H and O–H groups in total. The lowest BCUT2D eigenvalue weighted by Crippen LogP contribution is -2.45. The van der Waals surface area contributed by atoms with Crippen LogP contribution in [-0.4, -0.2) is 32.7 Å². The Labute approximate surface area is 159 Å². The van der Waals surface area contributed by atoms with E-state index in [2.05, 4.69) is 5.32 Å². The third-order valence-electron chi connectivity index (χ3n) is 4.64. The summed E-state index contributed by atoms with van der Waals surface area (Å²) in [6.07, 6.45) is 5.60. The molecule has 9 heteroatoms. The van der Waals surface area contributed by atoms with Crippen LogP contribution in [0.25, 0.3) is 0 Å². The minimum absolute atomic E-state index is 0. The van der Waals surface area contributed by atoms with E-state index in [-0.39, 0.29) is 29.9 Å². The first-order valence-electron chi connectivity index (χ1n) is 8.43. The molecule has 1 aromatic carbocycles. The highest BCUT2D eigenvalue weighted by Gasteiger charge is 2.25. The van der Waals surface area contributed by atoms with Crippen molar-refractivity contribution in [2.45, 2.75) is 49.7 Å². The molecule has 1 saturated carbocycles. The number of nitrogens with one attached hydrogen (secondary N) is 1. The maximum absolute atomic E-state index is 12.4. The van der Waals surface area contributed by atoms with Gasteiger partial charge in [0.1, 0.15) is 0 Å². The number of amides is 1. The molecule has 1 aliphatic rings. The number of alkyl halides is 2. The number of hydrogen-bond acceptors (Lipinski definition) is 4. The van der Waals surface area contributed by atoms with Gasteiger partial charge in [-0.15, -0.1) is 12.4 Å². The van der Waals surface area contributed by atoms with Gasteiger partial charge in [-0.3, -0.25) is 4.79 Å². The highest BCUT2D eigenvalue weighted by atomic mass is 35.5. The molecule has 2 rings (SSSR count). The lowest BCUT2D eigenvalue weighted by Gasteiger charge is -2.30. The van der Waals surface area contributed by atoms with Crippen LogP contribution in [0.3, 0.4) is 0 Å². The summed E-state index contributed by atoms with van der Waals surface area (Å²) in [5, 5.41) is 2.94. The molecule has 1 atom stereocenters. The Morgan fingerprint density at radius 1 is 1.15 bits per heavy atom. The Balaban J connectivity index is 0.00000338. The quantitative estimate of drug-likeness (QED) is 0.723. The molecule has 0 spiro atoms. The third kappa shape index (κ3) is 6.17. The van der Waals surface area contributed by atoms with Crippen LogP contribution >= 0.6 is 12.4 Å². The summed E-state index contributed by atoms with van der Waals surface area (Å²) < 4.78 is 47.3. The Hall–Kier alpha value is -1.25. The van der Waals surface area contributed by atoms with Gasteiger partial charge < -0.3 is 11.1 Å². The van der Waals surface area contributed by atoms with E-state index in [0.29, 0.717) is 18.0 Å². The molecular formula is C17H25ClF2N2O3S. The van der Waals surface area contributed by atoms with Crippen molar-refractivity contribution in [3.05, 3.63) is 35.4 Å². The molecule has 1 amide bonds. The second-order valence-electron chi connectivity index (χ2n) is 6.48. The summed E-state index contributed by atoms with van der Waals surface area (Å²) in [5.74, 6) is -4.07. The van der Waals surface area contributed by atoms with Crippen molar-refractivity contribution < 1.29 is 22.0 Å². The number of carbonyl (C=O) groups is 1. The fourth-order valence-corrected chi connectivity index (χ4v) is 3.99. The van der Waals surface area contributed by atoms with Crippen molar-refractivity contribution in [3.63, 3.8) is 0 Å². The van der Waals surface area contributed by atoms with Gasteiger partial charge in [-0.05, 0) is 36.5 Å². The van der Waals surface area contributed by atoms with Gasteiger partial charge in [0.15, 0.2) is 0 Å². The van der Waals surface area contributed by atoms with E-state index in [0.717, 1.165) is 25.7 Å². The average Bonchev–Trinajstić information content (AvgIpc) is 2.60. The van der Waals surface area contributed by atoms with E-state index in [4.69, 9.17) is 5.73 Å². The topological polar surface area (TPSA) is 89.3 Å². The fraction of sp³-hybridized carbons (Fsp3) is 0.588. The van der Waals surface area contributed by atoms with E-state index in [1.165, 1.54) is 30.7 Å². The van der Waals surface area contributed by atoms with Crippen molar-refractivity contribution >= 4 is 28.2 Å². The lowest BCUT2D eigenvalue weighted by molar-refractivity contribution is 0.0915. The predicted octanol–water partition coefficient (Wildman–Crippen LogP) is 2.88. The number of sulfone groups is 1. The van der Waals surface area contributed by atoms with Gasteiger partial charge in [0.05, 0.1) is 5.75 Å². The monoisotopic (exact) mass is 410 g/mol. The summed E-state index contributed by atoms with van der Waals surface area (Å²) in [7, 11) is -4.47.